The molecule has 5 rings (SSSR count). The standard InChI is InChI=1S/C30H34N8O4S/c1-5-32-29(42-4)25(18(3)19-10-11-19)26-35-17-23-28(37-26)38(24-9-7-8-20(24)14-31)30(39)27(36-23)34-15-21-12-13-22(16-33-21)43(40,41)6-2/h5,12-13,16-17,19-20,24H,3,6-11,15H2,1-2,4H3,(H,34,36)/b29-25-,32-5?. The first kappa shape index (κ1) is 30.0. The van der Waals surface area contributed by atoms with E-state index in [-0.39, 0.29) is 34.8 Å². The fourth-order valence-corrected chi connectivity index (χ4v) is 6.16. The summed E-state index contributed by atoms with van der Waals surface area (Å²) in [6, 6.07) is 5.07. The van der Waals surface area contributed by atoms with Gasteiger partial charge in [-0.1, -0.05) is 13.5 Å². The summed E-state index contributed by atoms with van der Waals surface area (Å²) in [5.41, 5.74) is 2.21. The van der Waals surface area contributed by atoms with Crippen LogP contribution in [0.3, 0.4) is 0 Å². The Bertz CT molecular complexity index is 1820. The quantitative estimate of drug-likeness (QED) is 0.191. The molecule has 12 nitrogen and oxygen atoms in total. The molecule has 43 heavy (non-hydrogen) atoms. The Morgan fingerprint density at radius 2 is 2.02 bits per heavy atom. The van der Waals surface area contributed by atoms with Crippen LogP contribution in [0.25, 0.3) is 16.7 Å². The van der Waals surface area contributed by atoms with E-state index in [9.17, 15) is 18.5 Å². The largest absolute Gasteiger partial charge is 0.480 e. The number of nitrogens with zero attached hydrogens (tertiary/aromatic N) is 7. The number of hydrogen-bond acceptors (Lipinski definition) is 11. The number of nitriles is 1. The van der Waals surface area contributed by atoms with Crippen molar-refractivity contribution in [2.24, 2.45) is 16.8 Å². The fraction of sp³-hybridized carbons (Fsp3) is 0.433. The number of pyridine rings is 1. The van der Waals surface area contributed by atoms with Gasteiger partial charge < -0.3 is 10.1 Å². The van der Waals surface area contributed by atoms with Crippen molar-refractivity contribution < 1.29 is 13.2 Å². The van der Waals surface area contributed by atoms with Gasteiger partial charge in [0.1, 0.15) is 5.52 Å². The Hall–Kier alpha value is -4.44. The minimum atomic E-state index is -3.38. The second kappa shape index (κ2) is 12.4. The first-order valence-corrected chi connectivity index (χ1v) is 15.9. The molecular formula is C30H34N8O4S. The molecule has 2 aliphatic rings. The van der Waals surface area contributed by atoms with Gasteiger partial charge >= 0.3 is 0 Å². The molecule has 2 fully saturated rings. The van der Waals surface area contributed by atoms with E-state index < -0.39 is 21.4 Å². The van der Waals surface area contributed by atoms with E-state index in [0.29, 0.717) is 47.0 Å². The Morgan fingerprint density at radius 1 is 1.23 bits per heavy atom. The number of ether oxygens (including phenoxy) is 1. The number of rotatable bonds is 11. The van der Waals surface area contributed by atoms with Crippen LogP contribution in [0, 0.1) is 23.2 Å². The lowest BCUT2D eigenvalue weighted by atomic mass is 10.0. The number of allylic oxidation sites excluding steroid dienone is 2. The highest BCUT2D eigenvalue weighted by molar-refractivity contribution is 7.91. The molecule has 3 aromatic rings. The SMILES string of the molecule is C=C(/C(=C(\N=CC)OC)c1ncc2nc(NCc3ccc(S(=O)(=O)CC)cn3)c(=O)n(C3CCCC3C#N)c2n1)C1CC1. The highest BCUT2D eigenvalue weighted by atomic mass is 32.2. The van der Waals surface area contributed by atoms with Crippen molar-refractivity contribution >= 4 is 38.6 Å². The first-order valence-electron chi connectivity index (χ1n) is 14.3. The molecule has 3 heterocycles. The molecule has 0 bridgehead atoms. The van der Waals surface area contributed by atoms with Gasteiger partial charge in [-0.3, -0.25) is 14.3 Å². The molecule has 2 saturated carbocycles. The van der Waals surface area contributed by atoms with Gasteiger partial charge in [-0.15, -0.1) is 0 Å². The van der Waals surface area contributed by atoms with Crippen LogP contribution in [-0.2, 0) is 21.1 Å². The van der Waals surface area contributed by atoms with Crippen molar-refractivity contribution in [3.8, 4) is 6.07 Å². The third kappa shape index (κ3) is 6.06. The Morgan fingerprint density at radius 3 is 2.65 bits per heavy atom. The summed E-state index contributed by atoms with van der Waals surface area (Å²) in [7, 11) is -1.85. The van der Waals surface area contributed by atoms with E-state index >= 15 is 0 Å². The molecule has 0 radical (unpaired) electrons. The lowest BCUT2D eigenvalue weighted by molar-refractivity contribution is 0.291. The third-order valence-corrected chi connectivity index (χ3v) is 9.57. The summed E-state index contributed by atoms with van der Waals surface area (Å²) in [5, 5.41) is 13.0. The molecule has 2 aliphatic carbocycles. The highest BCUT2D eigenvalue weighted by Gasteiger charge is 2.34. The van der Waals surface area contributed by atoms with Crippen molar-refractivity contribution in [2.45, 2.75) is 63.4 Å². The molecule has 2 unspecified atom stereocenters. The predicted molar refractivity (Wildman–Crippen MR) is 163 cm³/mol. The second-order valence-corrected chi connectivity index (χ2v) is 12.9. The summed E-state index contributed by atoms with van der Waals surface area (Å²) < 4.78 is 31.4. The zero-order valence-electron chi connectivity index (χ0n) is 24.4. The van der Waals surface area contributed by atoms with Crippen LogP contribution < -0.4 is 10.9 Å². The van der Waals surface area contributed by atoms with Crippen molar-refractivity contribution in [2.75, 3.05) is 18.2 Å². The van der Waals surface area contributed by atoms with E-state index in [1.54, 1.807) is 36.9 Å². The van der Waals surface area contributed by atoms with Crippen LogP contribution in [0.4, 0.5) is 5.82 Å². The average Bonchev–Trinajstić information content (AvgIpc) is 3.77. The maximum Gasteiger partial charge on any atom is 0.295 e. The number of sulfone groups is 1. The van der Waals surface area contributed by atoms with Gasteiger partial charge in [0.05, 0.1) is 59.8 Å². The van der Waals surface area contributed by atoms with Crippen LogP contribution in [0.15, 0.2) is 57.2 Å². The Balaban J connectivity index is 1.60. The number of anilines is 1. The average molecular weight is 603 g/mol. The van der Waals surface area contributed by atoms with Gasteiger partial charge in [0.25, 0.3) is 5.56 Å². The molecule has 224 valence electrons. The van der Waals surface area contributed by atoms with E-state index in [1.165, 1.54) is 19.4 Å². The molecule has 1 N–H and O–H groups in total. The smallest absolute Gasteiger partial charge is 0.295 e. The van der Waals surface area contributed by atoms with Crippen LogP contribution >= 0.6 is 0 Å². The van der Waals surface area contributed by atoms with Crippen LogP contribution in [0.5, 0.6) is 0 Å². The van der Waals surface area contributed by atoms with Crippen LogP contribution in [0.1, 0.15) is 63.5 Å². The van der Waals surface area contributed by atoms with E-state index in [1.807, 2.05) is 0 Å². The van der Waals surface area contributed by atoms with E-state index in [0.717, 1.165) is 24.8 Å². The number of nitrogens with one attached hydrogen (secondary N) is 1. The fourth-order valence-electron chi connectivity index (χ4n) is 5.33. The van der Waals surface area contributed by atoms with E-state index in [4.69, 9.17) is 9.72 Å². The third-order valence-electron chi connectivity index (χ3n) is 7.85. The number of aromatic nitrogens is 5. The lowest BCUT2D eigenvalue weighted by Gasteiger charge is -2.21. The summed E-state index contributed by atoms with van der Waals surface area (Å²) in [4.78, 5) is 36.8. The molecule has 0 amide bonds. The first-order chi connectivity index (χ1) is 20.7. The minimum absolute atomic E-state index is 0.0218. The van der Waals surface area contributed by atoms with Gasteiger partial charge in [0.15, 0.2) is 27.1 Å². The van der Waals surface area contributed by atoms with Gasteiger partial charge in [-0.05, 0) is 62.7 Å². The topological polar surface area (TPSA) is 165 Å². The van der Waals surface area contributed by atoms with Crippen molar-refractivity contribution in [1.29, 1.82) is 5.26 Å². The van der Waals surface area contributed by atoms with Crippen molar-refractivity contribution in [1.82, 2.24) is 24.5 Å². The number of aliphatic imine (C=N–C) groups is 1. The van der Waals surface area contributed by atoms with E-state index in [2.05, 4.69) is 37.9 Å². The zero-order valence-corrected chi connectivity index (χ0v) is 25.3. The zero-order chi connectivity index (χ0) is 30.7. The number of methoxy groups -OCH3 is 1. The number of fused-ring (bicyclic) bond motifs is 1. The Kier molecular flexibility index (Phi) is 8.68. The summed E-state index contributed by atoms with van der Waals surface area (Å²) in [5.74, 6) is 0.610. The number of hydrogen-bond donors (Lipinski definition) is 1. The highest BCUT2D eigenvalue weighted by Crippen LogP contribution is 2.43. The molecular weight excluding hydrogens is 568 g/mol. The van der Waals surface area contributed by atoms with Gasteiger partial charge in [0, 0.05) is 12.4 Å². The minimum Gasteiger partial charge on any atom is -0.480 e. The van der Waals surface area contributed by atoms with Gasteiger partial charge in [-0.25, -0.2) is 28.4 Å². The molecule has 0 saturated heterocycles. The molecule has 0 aromatic carbocycles. The van der Waals surface area contributed by atoms with Crippen LogP contribution in [-0.4, -0.2) is 52.0 Å². The lowest BCUT2D eigenvalue weighted by Crippen LogP contribution is -2.31. The molecule has 13 heteroatoms. The van der Waals surface area contributed by atoms with Gasteiger partial charge in [0.2, 0.25) is 5.88 Å². The molecule has 2 atom stereocenters. The predicted octanol–water partition coefficient (Wildman–Crippen LogP) is 4.22. The van der Waals surface area contributed by atoms with Crippen molar-refractivity contribution in [3.05, 3.63) is 64.4 Å². The summed E-state index contributed by atoms with van der Waals surface area (Å²) in [6.07, 6.45) is 8.62. The van der Waals surface area contributed by atoms with Crippen molar-refractivity contribution in [3.63, 3.8) is 0 Å². The molecule has 0 aliphatic heterocycles. The molecule has 0 spiro atoms. The normalized spacial score (nSPS) is 19.3. The van der Waals surface area contributed by atoms with Crippen LogP contribution in [0.2, 0.25) is 0 Å². The Labute approximate surface area is 250 Å². The second-order valence-electron chi connectivity index (χ2n) is 10.6. The summed E-state index contributed by atoms with van der Waals surface area (Å²) >= 11 is 0. The summed E-state index contributed by atoms with van der Waals surface area (Å²) in [6.45, 7) is 7.78. The monoisotopic (exact) mass is 602 g/mol. The maximum atomic E-state index is 14.0. The van der Waals surface area contributed by atoms with Gasteiger partial charge in [-0.2, -0.15) is 5.26 Å². The maximum absolute atomic E-state index is 14.0. The molecule has 3 aromatic heterocycles.